The van der Waals surface area contributed by atoms with Gasteiger partial charge in [0.15, 0.2) is 0 Å². The van der Waals surface area contributed by atoms with E-state index < -0.39 is 5.97 Å². The maximum absolute atomic E-state index is 11.9. The third kappa shape index (κ3) is 7.37. The fourth-order valence-corrected chi connectivity index (χ4v) is 2.26. The molecule has 0 saturated carbocycles. The number of rotatable bonds is 9. The minimum absolute atomic E-state index is 0.0740. The van der Waals surface area contributed by atoms with Crippen molar-refractivity contribution in [1.29, 1.82) is 0 Å². The molecule has 1 aromatic carbocycles. The monoisotopic (exact) mass is 348 g/mol. The fraction of sp³-hybridized carbons (Fsp3) is 0.526. The minimum atomic E-state index is -0.395. The van der Waals surface area contributed by atoms with Gasteiger partial charge < -0.3 is 15.0 Å². The summed E-state index contributed by atoms with van der Waals surface area (Å²) >= 11 is 0. The highest BCUT2D eigenvalue weighted by Gasteiger charge is 2.14. The van der Waals surface area contributed by atoms with Crippen molar-refractivity contribution in [1.82, 2.24) is 5.32 Å². The molecule has 1 aromatic rings. The van der Waals surface area contributed by atoms with Crippen LogP contribution < -0.4 is 10.2 Å². The van der Waals surface area contributed by atoms with Gasteiger partial charge in [-0.05, 0) is 43.5 Å². The first kappa shape index (κ1) is 20.7. The Kier molecular flexibility index (Phi) is 8.67. The Hall–Kier alpha value is -2.37. The lowest BCUT2D eigenvalue weighted by atomic mass is 10.1. The van der Waals surface area contributed by atoms with Gasteiger partial charge >= 0.3 is 5.97 Å². The van der Waals surface area contributed by atoms with Crippen molar-refractivity contribution in [2.24, 2.45) is 5.92 Å². The van der Waals surface area contributed by atoms with Gasteiger partial charge in [0.1, 0.15) is 0 Å². The lowest BCUT2D eigenvalue weighted by Crippen LogP contribution is -2.34. The first-order valence-corrected chi connectivity index (χ1v) is 8.67. The molecule has 0 aromatic heterocycles. The summed E-state index contributed by atoms with van der Waals surface area (Å²) in [6, 6.07) is 6.60. The topological polar surface area (TPSA) is 75.7 Å². The molecule has 0 saturated heterocycles. The number of ether oxygens (including phenoxy) is 1. The lowest BCUT2D eigenvalue weighted by molar-refractivity contribution is -0.121. The van der Waals surface area contributed by atoms with Gasteiger partial charge in [-0.15, -0.1) is 0 Å². The highest BCUT2D eigenvalue weighted by atomic mass is 16.5. The Labute approximate surface area is 149 Å². The zero-order chi connectivity index (χ0) is 18.8. The van der Waals surface area contributed by atoms with Gasteiger partial charge in [-0.25, -0.2) is 4.79 Å². The number of carbonyl (C=O) groups excluding carboxylic acids is 3. The van der Waals surface area contributed by atoms with E-state index in [1.807, 2.05) is 0 Å². The van der Waals surface area contributed by atoms with E-state index in [4.69, 9.17) is 4.74 Å². The van der Waals surface area contributed by atoms with E-state index in [-0.39, 0.29) is 18.2 Å². The van der Waals surface area contributed by atoms with Crippen LogP contribution in [-0.2, 0) is 14.3 Å². The molecular formula is C19H28N2O4. The molecule has 138 valence electrons. The van der Waals surface area contributed by atoms with Crippen LogP contribution in [0.25, 0.3) is 0 Å². The summed E-state index contributed by atoms with van der Waals surface area (Å²) in [5.74, 6) is -0.0891. The standard InChI is InChI=1S/C19H28N2O4/c1-5-25-19(24)16-6-8-17(9-7-16)21(15(4)22)13-11-18(23)20-12-10-14(2)3/h6-9,14H,5,10-13H2,1-4H3,(H,20,23). The summed E-state index contributed by atoms with van der Waals surface area (Å²) in [6.07, 6.45) is 1.16. The molecule has 0 radical (unpaired) electrons. The number of nitrogens with zero attached hydrogens (tertiary/aromatic N) is 1. The van der Waals surface area contributed by atoms with Crippen molar-refractivity contribution in [3.8, 4) is 0 Å². The molecule has 0 aliphatic rings. The van der Waals surface area contributed by atoms with Crippen LogP contribution in [-0.4, -0.2) is 37.5 Å². The van der Waals surface area contributed by atoms with Gasteiger partial charge in [-0.1, -0.05) is 13.8 Å². The molecule has 0 aliphatic carbocycles. The Morgan fingerprint density at radius 3 is 2.32 bits per heavy atom. The smallest absolute Gasteiger partial charge is 0.338 e. The van der Waals surface area contributed by atoms with Crippen molar-refractivity contribution >= 4 is 23.5 Å². The summed E-state index contributed by atoms with van der Waals surface area (Å²) in [7, 11) is 0. The second-order valence-electron chi connectivity index (χ2n) is 6.22. The van der Waals surface area contributed by atoms with Crippen molar-refractivity contribution in [3.63, 3.8) is 0 Å². The van der Waals surface area contributed by atoms with Gasteiger partial charge in [0.05, 0.1) is 12.2 Å². The predicted molar refractivity (Wildman–Crippen MR) is 97.5 cm³/mol. The third-order valence-electron chi connectivity index (χ3n) is 3.68. The third-order valence-corrected chi connectivity index (χ3v) is 3.68. The van der Waals surface area contributed by atoms with Crippen LogP contribution in [0.3, 0.4) is 0 Å². The number of anilines is 1. The molecule has 2 amide bonds. The Balaban J connectivity index is 2.63. The molecule has 1 N–H and O–H groups in total. The highest BCUT2D eigenvalue weighted by Crippen LogP contribution is 2.16. The number of nitrogens with one attached hydrogen (secondary N) is 1. The number of benzene rings is 1. The van der Waals surface area contributed by atoms with Crippen LogP contribution in [0, 0.1) is 5.92 Å². The quantitative estimate of drug-likeness (QED) is 0.696. The normalized spacial score (nSPS) is 10.4. The SMILES string of the molecule is CCOC(=O)c1ccc(N(CCC(=O)NCCC(C)C)C(C)=O)cc1. The molecule has 0 heterocycles. The summed E-state index contributed by atoms with van der Waals surface area (Å²) in [5, 5.41) is 2.86. The average molecular weight is 348 g/mol. The first-order chi connectivity index (χ1) is 11.8. The van der Waals surface area contributed by atoms with Crippen LogP contribution in [0.1, 0.15) is 50.9 Å². The van der Waals surface area contributed by atoms with Crippen LogP contribution in [0.2, 0.25) is 0 Å². The molecule has 0 atom stereocenters. The van der Waals surface area contributed by atoms with Crippen LogP contribution in [0.5, 0.6) is 0 Å². The summed E-state index contributed by atoms with van der Waals surface area (Å²) in [6.45, 7) is 8.65. The second kappa shape index (κ2) is 10.5. The first-order valence-electron chi connectivity index (χ1n) is 8.67. The second-order valence-corrected chi connectivity index (χ2v) is 6.22. The largest absolute Gasteiger partial charge is 0.462 e. The van der Waals surface area contributed by atoms with Crippen molar-refractivity contribution < 1.29 is 19.1 Å². The number of hydrogen-bond acceptors (Lipinski definition) is 4. The van der Waals surface area contributed by atoms with E-state index >= 15 is 0 Å². The van der Waals surface area contributed by atoms with Crippen molar-refractivity contribution in [2.45, 2.75) is 40.5 Å². The van der Waals surface area contributed by atoms with E-state index in [1.165, 1.54) is 11.8 Å². The molecular weight excluding hydrogens is 320 g/mol. The van der Waals surface area contributed by atoms with E-state index in [2.05, 4.69) is 19.2 Å². The molecule has 0 spiro atoms. The molecule has 25 heavy (non-hydrogen) atoms. The number of carbonyl (C=O) groups is 3. The average Bonchev–Trinajstić information content (AvgIpc) is 2.55. The molecule has 6 nitrogen and oxygen atoms in total. The fourth-order valence-electron chi connectivity index (χ4n) is 2.26. The maximum atomic E-state index is 11.9. The summed E-state index contributed by atoms with van der Waals surface area (Å²) in [4.78, 5) is 37.0. The minimum Gasteiger partial charge on any atom is -0.462 e. The van der Waals surface area contributed by atoms with E-state index in [9.17, 15) is 14.4 Å². The van der Waals surface area contributed by atoms with Crippen LogP contribution in [0.15, 0.2) is 24.3 Å². The Bertz CT molecular complexity index is 582. The molecule has 0 fully saturated rings. The van der Waals surface area contributed by atoms with Gasteiger partial charge in [0, 0.05) is 32.1 Å². The van der Waals surface area contributed by atoms with Crippen molar-refractivity contribution in [2.75, 3.05) is 24.6 Å². The Morgan fingerprint density at radius 2 is 1.80 bits per heavy atom. The van der Waals surface area contributed by atoms with E-state index in [1.54, 1.807) is 31.2 Å². The predicted octanol–water partition coefficient (Wildman–Crippen LogP) is 2.77. The molecule has 0 aliphatic heterocycles. The highest BCUT2D eigenvalue weighted by molar-refractivity contribution is 5.94. The summed E-state index contributed by atoms with van der Waals surface area (Å²) < 4.78 is 4.94. The zero-order valence-electron chi connectivity index (χ0n) is 15.5. The zero-order valence-corrected chi connectivity index (χ0v) is 15.5. The van der Waals surface area contributed by atoms with Crippen molar-refractivity contribution in [3.05, 3.63) is 29.8 Å². The molecule has 6 heteroatoms. The number of esters is 1. The van der Waals surface area contributed by atoms with Gasteiger partial charge in [0.25, 0.3) is 0 Å². The molecule has 0 unspecified atom stereocenters. The lowest BCUT2D eigenvalue weighted by Gasteiger charge is -2.21. The maximum Gasteiger partial charge on any atom is 0.338 e. The van der Waals surface area contributed by atoms with Gasteiger partial charge in [-0.2, -0.15) is 0 Å². The molecule has 1 rings (SSSR count). The van der Waals surface area contributed by atoms with E-state index in [0.29, 0.717) is 36.9 Å². The molecule has 0 bridgehead atoms. The Morgan fingerprint density at radius 1 is 1.16 bits per heavy atom. The summed E-state index contributed by atoms with van der Waals surface area (Å²) in [5.41, 5.74) is 1.08. The number of amides is 2. The van der Waals surface area contributed by atoms with Gasteiger partial charge in [0.2, 0.25) is 11.8 Å². The number of hydrogen-bond donors (Lipinski definition) is 1. The van der Waals surface area contributed by atoms with Crippen LogP contribution >= 0.6 is 0 Å². The van der Waals surface area contributed by atoms with E-state index in [0.717, 1.165) is 6.42 Å². The van der Waals surface area contributed by atoms with Gasteiger partial charge in [-0.3, -0.25) is 9.59 Å². The van der Waals surface area contributed by atoms with Crippen LogP contribution in [0.4, 0.5) is 5.69 Å².